The maximum Gasteiger partial charge on any atom is 2.00 e. The molecule has 4 N–H and O–H groups in total. The first kappa shape index (κ1) is 31.1. The van der Waals surface area contributed by atoms with E-state index in [1.807, 2.05) is 0 Å². The second-order valence-electron chi connectivity index (χ2n) is 2.04. The first-order valence-corrected chi connectivity index (χ1v) is 8.97. The molecule has 0 aliphatic rings. The summed E-state index contributed by atoms with van der Waals surface area (Å²) in [5.41, 5.74) is 0. The molecule has 0 aliphatic heterocycles. The van der Waals surface area contributed by atoms with Crippen LogP contribution in [0.5, 0.6) is 0 Å². The van der Waals surface area contributed by atoms with Crippen LogP contribution in [0.4, 0.5) is 0 Å². The minimum Gasteiger partial charge on any atom is -0.790 e. The summed E-state index contributed by atoms with van der Waals surface area (Å²) in [6, 6.07) is 0. The molecular weight excluding hydrogens is 476 g/mol. The third-order valence-electron chi connectivity index (χ3n) is 0.413. The van der Waals surface area contributed by atoms with Crippen LogP contribution in [-0.2, 0) is 26.9 Å². The summed E-state index contributed by atoms with van der Waals surface area (Å²) in [4.78, 5) is 68.3. The Morgan fingerprint density at radius 1 is 0.650 bits per heavy atom. The molecule has 14 nitrogen and oxygen atoms in total. The Morgan fingerprint density at radius 2 is 0.850 bits per heavy atom. The molecule has 0 unspecified atom stereocenters. The van der Waals surface area contributed by atoms with Gasteiger partial charge in [0.25, 0.3) is 0 Å². The SMILES string of the molecule is O=P(O)(O)OP(=O)(O)O.O=P([O-])([O-])OP(=O)([O-])[O-].[Ca+2].[Sr+2]. The van der Waals surface area contributed by atoms with E-state index >= 15 is 0 Å². The smallest absolute Gasteiger partial charge is 0.790 e. The molecule has 0 aromatic rings. The van der Waals surface area contributed by atoms with Crippen molar-refractivity contribution in [3.05, 3.63) is 0 Å². The Bertz CT molecular complexity index is 348. The molecular formula is H4CaO14P4Sr. The van der Waals surface area contributed by atoms with Crippen LogP contribution < -0.4 is 19.6 Å². The van der Waals surface area contributed by atoms with Gasteiger partial charge in [0.1, 0.15) is 0 Å². The molecule has 0 heterocycles. The van der Waals surface area contributed by atoms with Crippen molar-refractivity contribution in [3.63, 3.8) is 0 Å². The van der Waals surface area contributed by atoms with Gasteiger partial charge in [0.05, 0.1) is 15.6 Å². The van der Waals surface area contributed by atoms with Crippen molar-refractivity contribution in [2.75, 3.05) is 0 Å². The van der Waals surface area contributed by atoms with E-state index in [1.165, 1.54) is 0 Å². The van der Waals surface area contributed by atoms with E-state index in [9.17, 15) is 37.8 Å². The Morgan fingerprint density at radius 3 is 0.850 bits per heavy atom. The Kier molecular flexibility index (Phi) is 18.3. The van der Waals surface area contributed by atoms with Crippen LogP contribution in [0.15, 0.2) is 0 Å². The molecule has 0 saturated carbocycles. The predicted octanol–water partition coefficient (Wildman–Crippen LogP) is -4.91. The molecule has 0 saturated heterocycles. The Labute approximate surface area is 178 Å². The van der Waals surface area contributed by atoms with Gasteiger partial charge < -0.3 is 52.6 Å². The summed E-state index contributed by atoms with van der Waals surface area (Å²) in [5.74, 6) is 0. The first-order chi connectivity index (χ1) is 7.41. The van der Waals surface area contributed by atoms with Crippen LogP contribution in [0.25, 0.3) is 0 Å². The van der Waals surface area contributed by atoms with Crippen LogP contribution in [0.1, 0.15) is 0 Å². The van der Waals surface area contributed by atoms with E-state index in [2.05, 4.69) is 8.62 Å². The van der Waals surface area contributed by atoms with Gasteiger partial charge >= 0.3 is 98.9 Å². The second kappa shape index (κ2) is 11.8. The average Bonchev–Trinajstić information content (AvgIpc) is 1.64. The van der Waals surface area contributed by atoms with Gasteiger partial charge in [0.2, 0.25) is 0 Å². The molecule has 20 heteroatoms. The van der Waals surface area contributed by atoms with Crippen molar-refractivity contribution in [2.45, 2.75) is 0 Å². The molecule has 0 bridgehead atoms. The molecule has 0 spiro atoms. The number of phosphoric acid groups is 4. The van der Waals surface area contributed by atoms with Gasteiger partial charge in [-0.3, -0.25) is 0 Å². The molecule has 0 radical (unpaired) electrons. The van der Waals surface area contributed by atoms with Gasteiger partial charge in [-0.1, -0.05) is 0 Å². The molecule has 0 atom stereocenters. The largest absolute Gasteiger partial charge is 2.00 e. The average molecular weight is 480 g/mol. The number of hydrogen-bond donors (Lipinski definition) is 4. The zero-order chi connectivity index (χ0) is 15.4. The van der Waals surface area contributed by atoms with Crippen molar-refractivity contribution in [1.82, 2.24) is 0 Å². The second-order valence-corrected chi connectivity index (χ2v) is 7.10. The molecule has 0 aromatic heterocycles. The zero-order valence-electron chi connectivity index (χ0n) is 9.07. The molecule has 20 heavy (non-hydrogen) atoms. The van der Waals surface area contributed by atoms with E-state index < -0.39 is 31.3 Å². The molecule has 0 fully saturated rings. The Hall–Kier alpha value is 3.26. The maximum absolute atomic E-state index is 9.63. The van der Waals surface area contributed by atoms with Crippen LogP contribution in [0.3, 0.4) is 0 Å². The third kappa shape index (κ3) is 37.5. The van der Waals surface area contributed by atoms with E-state index in [-0.39, 0.29) is 83.2 Å². The van der Waals surface area contributed by atoms with Crippen molar-refractivity contribution in [2.24, 2.45) is 0 Å². The van der Waals surface area contributed by atoms with Crippen LogP contribution >= 0.6 is 31.3 Å². The van der Waals surface area contributed by atoms with Gasteiger partial charge in [-0.05, 0) is 0 Å². The molecule has 112 valence electrons. The van der Waals surface area contributed by atoms with Crippen LogP contribution in [0.2, 0.25) is 0 Å². The summed E-state index contributed by atoms with van der Waals surface area (Å²) < 4.78 is 43.4. The minimum absolute atomic E-state index is 0. The summed E-state index contributed by atoms with van der Waals surface area (Å²) >= 11 is 0. The van der Waals surface area contributed by atoms with Crippen molar-refractivity contribution in [3.8, 4) is 0 Å². The monoisotopic (exact) mass is 480 g/mol. The van der Waals surface area contributed by atoms with E-state index in [0.717, 1.165) is 0 Å². The third-order valence-corrected chi connectivity index (χ3v) is 3.71. The van der Waals surface area contributed by atoms with Gasteiger partial charge in [-0.25, -0.2) is 9.13 Å². The van der Waals surface area contributed by atoms with E-state index in [4.69, 9.17) is 19.6 Å². The topological polar surface area (TPSA) is 260 Å². The van der Waals surface area contributed by atoms with Crippen molar-refractivity contribution < 1.29 is 66.0 Å². The fourth-order valence-corrected chi connectivity index (χ4v) is 2.35. The predicted molar refractivity (Wildman–Crippen MR) is 53.0 cm³/mol. The number of rotatable bonds is 4. The zero-order valence-corrected chi connectivity index (χ0v) is 18.3. The molecule has 0 amide bonds. The minimum atomic E-state index is -5.68. The summed E-state index contributed by atoms with van der Waals surface area (Å²) in [6.07, 6.45) is 0. The van der Waals surface area contributed by atoms with E-state index in [1.54, 1.807) is 0 Å². The van der Waals surface area contributed by atoms with Gasteiger partial charge in [-0.2, -0.15) is 4.31 Å². The molecule has 0 aliphatic carbocycles. The van der Waals surface area contributed by atoms with E-state index in [0.29, 0.717) is 0 Å². The summed E-state index contributed by atoms with van der Waals surface area (Å²) in [6.45, 7) is 0. The quantitative estimate of drug-likeness (QED) is 0.217. The van der Waals surface area contributed by atoms with Gasteiger partial charge in [0, 0.05) is 0 Å². The fraction of sp³-hybridized carbons (Fsp3) is 0. The van der Waals surface area contributed by atoms with Crippen LogP contribution in [0, 0.1) is 0 Å². The summed E-state index contributed by atoms with van der Waals surface area (Å²) in [5, 5.41) is 0. The van der Waals surface area contributed by atoms with Gasteiger partial charge in [0.15, 0.2) is 0 Å². The normalized spacial score (nSPS) is 12.4. The standard InChI is InChI=1S/Ca.2H4O7P2.Sr/c;2*1-8(2,3)7-9(4,5)6;/h;2*(H2,1,2,3)(H2,4,5,6);/q+2;;;+2/p-4. The van der Waals surface area contributed by atoms with Crippen LogP contribution in [-0.4, -0.2) is 103 Å². The summed E-state index contributed by atoms with van der Waals surface area (Å²) in [7, 11) is -21.5. The molecule has 0 aromatic carbocycles. The maximum atomic E-state index is 9.63. The first-order valence-electron chi connectivity index (χ1n) is 2.99. The number of hydrogen-bond acceptors (Lipinski definition) is 10. The molecule has 0 rings (SSSR count). The van der Waals surface area contributed by atoms with Crippen molar-refractivity contribution >= 4 is 115 Å². The fourth-order valence-electron chi connectivity index (χ4n) is 0.261. The Balaban J connectivity index is -0.000000116. The van der Waals surface area contributed by atoms with Crippen molar-refractivity contribution in [1.29, 1.82) is 0 Å². The van der Waals surface area contributed by atoms with Gasteiger partial charge in [-0.15, -0.1) is 0 Å².